The Labute approximate surface area is 84.7 Å². The van der Waals surface area contributed by atoms with Crippen LogP contribution in [0.25, 0.3) is 0 Å². The number of aryl methyl sites for hydroxylation is 1. The fraction of sp³-hybridized carbons (Fsp3) is 0.500. The van der Waals surface area contributed by atoms with E-state index in [4.69, 9.17) is 5.73 Å². The normalized spacial score (nSPS) is 19.0. The first-order valence-corrected chi connectivity index (χ1v) is 5.18. The number of hydrogen-bond donors (Lipinski definition) is 2. The van der Waals surface area contributed by atoms with Gasteiger partial charge in [0, 0.05) is 12.0 Å². The Kier molecular flexibility index (Phi) is 2.23. The third kappa shape index (κ3) is 1.30. The molecule has 0 heterocycles. The van der Waals surface area contributed by atoms with Gasteiger partial charge in [-0.3, -0.25) is 0 Å². The van der Waals surface area contributed by atoms with Gasteiger partial charge in [0.15, 0.2) is 0 Å². The molecule has 1 aromatic rings. The van der Waals surface area contributed by atoms with Crippen molar-refractivity contribution >= 4 is 0 Å². The molecule has 76 valence electrons. The lowest BCUT2D eigenvalue weighted by Gasteiger charge is -2.41. The van der Waals surface area contributed by atoms with Crippen LogP contribution in [0.4, 0.5) is 0 Å². The van der Waals surface area contributed by atoms with E-state index >= 15 is 0 Å². The summed E-state index contributed by atoms with van der Waals surface area (Å²) in [5, 5.41) is 9.44. The van der Waals surface area contributed by atoms with Gasteiger partial charge in [-0.15, -0.1) is 0 Å². The molecule has 1 aromatic carbocycles. The lowest BCUT2D eigenvalue weighted by Crippen LogP contribution is -2.41. The number of aromatic hydroxyl groups is 1. The van der Waals surface area contributed by atoms with Crippen molar-refractivity contribution in [3.8, 4) is 5.75 Å². The third-order valence-electron chi connectivity index (χ3n) is 3.51. The highest BCUT2D eigenvalue weighted by Gasteiger charge is 2.37. The average molecular weight is 191 g/mol. The fourth-order valence-corrected chi connectivity index (χ4v) is 2.20. The molecule has 1 saturated carbocycles. The Morgan fingerprint density at radius 1 is 1.43 bits per heavy atom. The van der Waals surface area contributed by atoms with Crippen LogP contribution in [0.3, 0.4) is 0 Å². The van der Waals surface area contributed by atoms with Crippen LogP contribution in [0.15, 0.2) is 18.2 Å². The third-order valence-corrected chi connectivity index (χ3v) is 3.51. The topological polar surface area (TPSA) is 46.2 Å². The molecule has 0 bridgehead atoms. The first-order valence-electron chi connectivity index (χ1n) is 5.18. The highest BCUT2D eigenvalue weighted by molar-refractivity contribution is 5.39. The van der Waals surface area contributed by atoms with E-state index in [1.165, 1.54) is 24.8 Å². The molecule has 2 heteroatoms. The van der Waals surface area contributed by atoms with Gasteiger partial charge in [0.25, 0.3) is 0 Å². The summed E-state index contributed by atoms with van der Waals surface area (Å²) in [7, 11) is 0. The van der Waals surface area contributed by atoms with Crippen molar-refractivity contribution in [2.45, 2.75) is 31.6 Å². The lowest BCUT2D eigenvalue weighted by atomic mass is 9.64. The molecule has 0 aromatic heterocycles. The fourth-order valence-electron chi connectivity index (χ4n) is 2.20. The molecule has 0 atom stereocenters. The van der Waals surface area contributed by atoms with E-state index in [9.17, 15) is 5.11 Å². The van der Waals surface area contributed by atoms with E-state index in [-0.39, 0.29) is 5.41 Å². The van der Waals surface area contributed by atoms with Crippen LogP contribution < -0.4 is 5.73 Å². The van der Waals surface area contributed by atoms with Gasteiger partial charge in [0.05, 0.1) is 0 Å². The molecule has 0 saturated heterocycles. The molecule has 2 nitrogen and oxygen atoms in total. The number of nitrogens with two attached hydrogens (primary N) is 1. The zero-order valence-electron chi connectivity index (χ0n) is 8.59. The van der Waals surface area contributed by atoms with Crippen LogP contribution in [0.1, 0.15) is 30.4 Å². The monoisotopic (exact) mass is 191 g/mol. The van der Waals surface area contributed by atoms with Crippen LogP contribution >= 0.6 is 0 Å². The second-order valence-electron chi connectivity index (χ2n) is 4.34. The smallest absolute Gasteiger partial charge is 0.118 e. The molecule has 0 spiro atoms. The Bertz CT molecular complexity index is 337. The number of phenolic OH excluding ortho intramolecular Hbond substituents is 1. The van der Waals surface area contributed by atoms with Gasteiger partial charge in [-0.05, 0) is 37.0 Å². The van der Waals surface area contributed by atoms with Gasteiger partial charge in [-0.2, -0.15) is 0 Å². The average Bonchev–Trinajstić information content (AvgIpc) is 2.10. The molecule has 14 heavy (non-hydrogen) atoms. The Balaban J connectivity index is 2.36. The summed E-state index contributed by atoms with van der Waals surface area (Å²) in [6.45, 7) is 2.65. The minimum Gasteiger partial charge on any atom is -0.508 e. The van der Waals surface area contributed by atoms with Crippen LogP contribution in [0.2, 0.25) is 0 Å². The van der Waals surface area contributed by atoms with Crippen LogP contribution in [-0.4, -0.2) is 11.7 Å². The largest absolute Gasteiger partial charge is 0.508 e. The second-order valence-corrected chi connectivity index (χ2v) is 4.34. The molecule has 0 aliphatic heterocycles. The van der Waals surface area contributed by atoms with Gasteiger partial charge in [-0.25, -0.2) is 0 Å². The van der Waals surface area contributed by atoms with Gasteiger partial charge in [0.1, 0.15) is 5.75 Å². The molecule has 1 aliphatic rings. The molecule has 3 N–H and O–H groups in total. The summed E-state index contributed by atoms with van der Waals surface area (Å²) >= 11 is 0. The zero-order chi connectivity index (χ0) is 10.2. The predicted octanol–water partition coefficient (Wildman–Crippen LogP) is 2.08. The number of hydrogen-bond acceptors (Lipinski definition) is 2. The van der Waals surface area contributed by atoms with Gasteiger partial charge in [-0.1, -0.05) is 18.6 Å². The minimum atomic E-state index is 0.207. The van der Waals surface area contributed by atoms with Gasteiger partial charge < -0.3 is 10.8 Å². The van der Waals surface area contributed by atoms with Crippen molar-refractivity contribution in [1.82, 2.24) is 0 Å². The summed E-state index contributed by atoms with van der Waals surface area (Å²) in [4.78, 5) is 0. The van der Waals surface area contributed by atoms with Gasteiger partial charge >= 0.3 is 0 Å². The number of phenols is 1. The van der Waals surface area contributed by atoms with Gasteiger partial charge in [0.2, 0.25) is 0 Å². The summed E-state index contributed by atoms with van der Waals surface area (Å²) < 4.78 is 0. The summed E-state index contributed by atoms with van der Waals surface area (Å²) in [6.07, 6.45) is 3.65. The Morgan fingerprint density at radius 3 is 2.57 bits per heavy atom. The Morgan fingerprint density at radius 2 is 2.14 bits per heavy atom. The molecule has 0 radical (unpaired) electrons. The number of benzene rings is 1. The van der Waals surface area contributed by atoms with E-state index < -0.39 is 0 Å². The zero-order valence-corrected chi connectivity index (χ0v) is 8.59. The van der Waals surface area contributed by atoms with Crippen LogP contribution in [-0.2, 0) is 5.41 Å². The number of rotatable bonds is 2. The first kappa shape index (κ1) is 9.53. The highest BCUT2D eigenvalue weighted by atomic mass is 16.3. The van der Waals surface area contributed by atoms with Crippen molar-refractivity contribution in [3.05, 3.63) is 29.3 Å². The van der Waals surface area contributed by atoms with Crippen molar-refractivity contribution in [3.63, 3.8) is 0 Å². The molecule has 0 unspecified atom stereocenters. The van der Waals surface area contributed by atoms with Crippen molar-refractivity contribution < 1.29 is 5.11 Å². The lowest BCUT2D eigenvalue weighted by molar-refractivity contribution is 0.252. The van der Waals surface area contributed by atoms with Crippen molar-refractivity contribution in [2.24, 2.45) is 5.73 Å². The van der Waals surface area contributed by atoms with E-state index in [2.05, 4.69) is 6.07 Å². The van der Waals surface area contributed by atoms with Crippen molar-refractivity contribution in [2.75, 3.05) is 6.54 Å². The van der Waals surface area contributed by atoms with Crippen molar-refractivity contribution in [1.29, 1.82) is 0 Å². The highest BCUT2D eigenvalue weighted by Crippen LogP contribution is 2.43. The quantitative estimate of drug-likeness (QED) is 0.751. The maximum absolute atomic E-state index is 9.44. The molecular formula is C12H17NO. The molecule has 1 fully saturated rings. The molecule has 1 aliphatic carbocycles. The van der Waals surface area contributed by atoms with E-state index in [1.54, 1.807) is 6.07 Å². The maximum atomic E-state index is 9.44. The van der Waals surface area contributed by atoms with E-state index in [0.29, 0.717) is 5.75 Å². The summed E-state index contributed by atoms with van der Waals surface area (Å²) in [5.74, 6) is 0.375. The van der Waals surface area contributed by atoms with Crippen LogP contribution in [0, 0.1) is 6.92 Å². The minimum absolute atomic E-state index is 0.207. The Hall–Kier alpha value is -1.02. The molecule has 0 amide bonds. The molecule has 2 rings (SSSR count). The standard InChI is InChI=1S/C12H17NO/c1-9-7-10(3-4-11(9)14)12(8-13)5-2-6-12/h3-4,7,14H,2,5-6,8,13H2,1H3. The van der Waals surface area contributed by atoms with E-state index in [0.717, 1.165) is 12.1 Å². The van der Waals surface area contributed by atoms with Crippen LogP contribution in [0.5, 0.6) is 5.75 Å². The summed E-state index contributed by atoms with van der Waals surface area (Å²) in [6, 6.07) is 5.86. The SMILES string of the molecule is Cc1cc(C2(CN)CCC2)ccc1O. The maximum Gasteiger partial charge on any atom is 0.118 e. The molecular weight excluding hydrogens is 174 g/mol. The summed E-state index contributed by atoms with van der Waals surface area (Å²) in [5.41, 5.74) is 8.27. The van der Waals surface area contributed by atoms with E-state index in [1.807, 2.05) is 13.0 Å². The first-order chi connectivity index (χ1) is 6.68. The predicted molar refractivity (Wildman–Crippen MR) is 57.4 cm³/mol. The second kappa shape index (κ2) is 3.28.